The SMILES string of the molecule is c1ccc2c(c1)-n1c3ccccc3c3cccc(c31)C21c2cc(-n3c4ccccc4c4cccnc43)ccc2-c2ccc(-n3c4ccccc4c4cccnc43)cc21. The average Bonchev–Trinajstić information content (AvgIpc) is 4.00. The van der Waals surface area contributed by atoms with Crippen molar-refractivity contribution in [2.45, 2.75) is 5.41 Å². The van der Waals surface area contributed by atoms with E-state index in [-0.39, 0.29) is 0 Å². The Bertz CT molecular complexity index is 3490. The summed E-state index contributed by atoms with van der Waals surface area (Å²) in [4.78, 5) is 9.99. The van der Waals surface area contributed by atoms with E-state index in [1.165, 1.54) is 71.6 Å². The fraction of sp³-hybridized carbons (Fsp3) is 0.0189. The number of benzene rings is 7. The Morgan fingerprint density at radius 1 is 0.345 bits per heavy atom. The van der Waals surface area contributed by atoms with E-state index in [1.807, 2.05) is 24.5 Å². The zero-order valence-electron chi connectivity index (χ0n) is 31.1. The molecule has 14 rings (SSSR count). The first-order chi connectivity index (χ1) is 28.8. The van der Waals surface area contributed by atoms with Crippen LogP contribution in [0.2, 0.25) is 0 Å². The first kappa shape index (κ1) is 30.5. The molecule has 58 heavy (non-hydrogen) atoms. The molecule has 0 amide bonds. The van der Waals surface area contributed by atoms with Gasteiger partial charge in [-0.2, -0.15) is 0 Å². The molecule has 6 heterocycles. The third-order valence-corrected chi connectivity index (χ3v) is 13.1. The predicted octanol–water partition coefficient (Wildman–Crippen LogP) is 12.4. The fourth-order valence-electron chi connectivity index (χ4n) is 11.0. The second kappa shape index (κ2) is 10.8. The van der Waals surface area contributed by atoms with Crippen molar-refractivity contribution in [3.63, 3.8) is 0 Å². The molecule has 0 saturated carbocycles. The number of para-hydroxylation sites is 5. The fourth-order valence-corrected chi connectivity index (χ4v) is 11.0. The minimum Gasteiger partial charge on any atom is -0.309 e. The topological polar surface area (TPSA) is 40.6 Å². The Labute approximate surface area is 332 Å². The van der Waals surface area contributed by atoms with Gasteiger partial charge in [0.05, 0.1) is 33.2 Å². The summed E-state index contributed by atoms with van der Waals surface area (Å²) in [6.07, 6.45) is 3.81. The van der Waals surface area contributed by atoms with E-state index in [0.717, 1.165) is 44.5 Å². The largest absolute Gasteiger partial charge is 0.309 e. The van der Waals surface area contributed by atoms with Crippen LogP contribution in [0.1, 0.15) is 22.3 Å². The molecule has 5 aromatic heterocycles. The first-order valence-electron chi connectivity index (χ1n) is 19.9. The van der Waals surface area contributed by atoms with Crippen LogP contribution < -0.4 is 0 Å². The van der Waals surface area contributed by atoms with Crippen molar-refractivity contribution in [3.8, 4) is 28.2 Å². The molecule has 5 nitrogen and oxygen atoms in total. The molecule has 0 unspecified atom stereocenters. The summed E-state index contributed by atoms with van der Waals surface area (Å²) < 4.78 is 7.21. The maximum atomic E-state index is 4.99. The number of aromatic nitrogens is 5. The summed E-state index contributed by atoms with van der Waals surface area (Å²) in [5.41, 5.74) is 17.0. The van der Waals surface area contributed by atoms with Gasteiger partial charge in [0.1, 0.15) is 11.3 Å². The lowest BCUT2D eigenvalue weighted by Gasteiger charge is -2.39. The molecule has 7 aromatic carbocycles. The Morgan fingerprint density at radius 2 is 0.810 bits per heavy atom. The van der Waals surface area contributed by atoms with E-state index in [2.05, 4.69) is 177 Å². The smallest absolute Gasteiger partial charge is 0.145 e. The van der Waals surface area contributed by atoms with Gasteiger partial charge in [-0.15, -0.1) is 0 Å². The van der Waals surface area contributed by atoms with E-state index >= 15 is 0 Å². The highest BCUT2D eigenvalue weighted by molar-refractivity contribution is 6.13. The Hall–Kier alpha value is -7.76. The van der Waals surface area contributed by atoms with Crippen molar-refractivity contribution >= 4 is 65.7 Å². The average molecular weight is 738 g/mol. The standard InChI is InChI=1S/C53H31N5/c1-7-22-48-36(12-1)39-15-9-19-43-50(39)58(48)49-23-8-4-18-42(49)53(43)44-30-32(56-46-20-5-2-13-37(46)40-16-10-28-54-51(40)56)24-26-34(44)35-27-25-33(31-45(35)53)57-47-21-6-3-14-38(47)41-17-11-29-55-52(41)57/h1-31H. The van der Waals surface area contributed by atoms with Crippen molar-refractivity contribution in [3.05, 3.63) is 211 Å². The molecule has 0 atom stereocenters. The van der Waals surface area contributed by atoms with Crippen molar-refractivity contribution in [1.29, 1.82) is 0 Å². The van der Waals surface area contributed by atoms with Crippen LogP contribution in [0.5, 0.6) is 0 Å². The van der Waals surface area contributed by atoms with E-state index in [1.54, 1.807) is 0 Å². The molecule has 0 bridgehead atoms. The number of fused-ring (bicyclic) bond motifs is 18. The summed E-state index contributed by atoms with van der Waals surface area (Å²) in [7, 11) is 0. The van der Waals surface area contributed by atoms with Crippen LogP contribution in [0, 0.1) is 0 Å². The van der Waals surface area contributed by atoms with Gasteiger partial charge >= 0.3 is 0 Å². The van der Waals surface area contributed by atoms with Crippen molar-refractivity contribution in [2.75, 3.05) is 0 Å². The molecule has 0 fully saturated rings. The third kappa shape index (κ3) is 3.55. The molecule has 1 aliphatic heterocycles. The van der Waals surface area contributed by atoms with Gasteiger partial charge in [-0.05, 0) is 106 Å². The van der Waals surface area contributed by atoms with E-state index in [4.69, 9.17) is 9.97 Å². The number of hydrogen-bond acceptors (Lipinski definition) is 2. The normalized spacial score (nSPS) is 13.7. The van der Waals surface area contributed by atoms with Crippen LogP contribution in [0.15, 0.2) is 188 Å². The lowest BCUT2D eigenvalue weighted by molar-refractivity contribution is 0.747. The van der Waals surface area contributed by atoms with Crippen molar-refractivity contribution < 1.29 is 0 Å². The molecule has 268 valence electrons. The van der Waals surface area contributed by atoms with Crippen LogP contribution in [0.3, 0.4) is 0 Å². The molecule has 0 radical (unpaired) electrons. The summed E-state index contributed by atoms with van der Waals surface area (Å²) in [5, 5.41) is 7.23. The highest BCUT2D eigenvalue weighted by atomic mass is 15.1. The molecular weight excluding hydrogens is 707 g/mol. The Kier molecular flexibility index (Phi) is 5.65. The number of nitrogens with zero attached hydrogens (tertiary/aromatic N) is 5. The molecule has 12 aromatic rings. The molecular formula is C53H31N5. The number of rotatable bonds is 2. The van der Waals surface area contributed by atoms with Gasteiger partial charge in [-0.25, -0.2) is 9.97 Å². The van der Waals surface area contributed by atoms with Gasteiger partial charge in [-0.3, -0.25) is 9.13 Å². The lowest BCUT2D eigenvalue weighted by Crippen LogP contribution is -2.33. The Balaban J connectivity index is 1.15. The van der Waals surface area contributed by atoms with Crippen LogP contribution in [-0.4, -0.2) is 23.7 Å². The Morgan fingerprint density at radius 3 is 1.41 bits per heavy atom. The second-order valence-electron chi connectivity index (χ2n) is 15.7. The van der Waals surface area contributed by atoms with Crippen LogP contribution in [0.4, 0.5) is 0 Å². The molecule has 0 saturated heterocycles. The van der Waals surface area contributed by atoms with Gasteiger partial charge in [0, 0.05) is 56.1 Å². The molecule has 1 aliphatic carbocycles. The maximum Gasteiger partial charge on any atom is 0.145 e. The van der Waals surface area contributed by atoms with Crippen molar-refractivity contribution in [1.82, 2.24) is 23.7 Å². The molecule has 2 aliphatic rings. The van der Waals surface area contributed by atoms with Crippen LogP contribution in [0.25, 0.3) is 93.9 Å². The summed E-state index contributed by atoms with van der Waals surface area (Å²) in [6, 6.07) is 65.0. The van der Waals surface area contributed by atoms with E-state index < -0.39 is 5.41 Å². The van der Waals surface area contributed by atoms with Gasteiger partial charge in [0.2, 0.25) is 0 Å². The van der Waals surface area contributed by atoms with E-state index in [9.17, 15) is 0 Å². The minimum absolute atomic E-state index is 0.643. The van der Waals surface area contributed by atoms with Crippen LogP contribution >= 0.6 is 0 Å². The monoisotopic (exact) mass is 737 g/mol. The highest BCUT2D eigenvalue weighted by Crippen LogP contribution is 2.61. The van der Waals surface area contributed by atoms with Gasteiger partial charge in [-0.1, -0.05) is 103 Å². The maximum absolute atomic E-state index is 4.99. The summed E-state index contributed by atoms with van der Waals surface area (Å²) in [6.45, 7) is 0. The quantitative estimate of drug-likeness (QED) is 0.177. The van der Waals surface area contributed by atoms with Gasteiger partial charge in [0.25, 0.3) is 0 Å². The minimum atomic E-state index is -0.643. The first-order valence-corrected chi connectivity index (χ1v) is 19.9. The van der Waals surface area contributed by atoms with Gasteiger partial charge in [0.15, 0.2) is 0 Å². The van der Waals surface area contributed by atoms with Crippen molar-refractivity contribution in [2.24, 2.45) is 0 Å². The zero-order chi connectivity index (χ0) is 37.7. The summed E-state index contributed by atoms with van der Waals surface area (Å²) in [5.74, 6) is 0. The second-order valence-corrected chi connectivity index (χ2v) is 15.7. The highest BCUT2D eigenvalue weighted by Gasteiger charge is 2.51. The molecule has 1 spiro atoms. The molecule has 5 heteroatoms. The predicted molar refractivity (Wildman–Crippen MR) is 236 cm³/mol. The molecule has 0 N–H and O–H groups in total. The zero-order valence-corrected chi connectivity index (χ0v) is 31.1. The van der Waals surface area contributed by atoms with E-state index in [0.29, 0.717) is 0 Å². The summed E-state index contributed by atoms with van der Waals surface area (Å²) >= 11 is 0. The third-order valence-electron chi connectivity index (χ3n) is 13.1. The van der Waals surface area contributed by atoms with Gasteiger partial charge < -0.3 is 4.57 Å². The van der Waals surface area contributed by atoms with Crippen LogP contribution in [-0.2, 0) is 5.41 Å². The number of pyridine rings is 2. The number of hydrogen-bond donors (Lipinski definition) is 0. The lowest BCUT2D eigenvalue weighted by atomic mass is 9.65.